The summed E-state index contributed by atoms with van der Waals surface area (Å²) in [6.45, 7) is 1.99. The Kier molecular flexibility index (Phi) is 4.86. The Labute approximate surface area is 151 Å². The highest BCUT2D eigenvalue weighted by molar-refractivity contribution is 5.77. The van der Waals surface area contributed by atoms with Gasteiger partial charge in [-0.15, -0.1) is 0 Å². The van der Waals surface area contributed by atoms with Gasteiger partial charge in [-0.3, -0.25) is 9.69 Å². The Bertz CT molecular complexity index is 941. The molecule has 136 valence electrons. The van der Waals surface area contributed by atoms with Crippen molar-refractivity contribution in [3.05, 3.63) is 64.1 Å². The molecule has 0 saturated carbocycles. The maximum Gasteiger partial charge on any atom is 0.258 e. The summed E-state index contributed by atoms with van der Waals surface area (Å²) in [4.78, 5) is 21.7. The smallest absolute Gasteiger partial charge is 0.258 e. The summed E-state index contributed by atoms with van der Waals surface area (Å²) in [6, 6.07) is 11.4. The van der Waals surface area contributed by atoms with Crippen LogP contribution in [0.5, 0.6) is 0 Å². The summed E-state index contributed by atoms with van der Waals surface area (Å²) in [5, 5.41) is 0.613. The third-order valence-electron chi connectivity index (χ3n) is 4.69. The van der Waals surface area contributed by atoms with Gasteiger partial charge in [0.25, 0.3) is 5.56 Å². The highest BCUT2D eigenvalue weighted by atomic mass is 16.5. The predicted octanol–water partition coefficient (Wildman–Crippen LogP) is 3.39. The lowest BCUT2D eigenvalue weighted by Crippen LogP contribution is -2.21. The zero-order valence-electron chi connectivity index (χ0n) is 14.9. The van der Waals surface area contributed by atoms with Crippen molar-refractivity contribution in [1.82, 2.24) is 14.9 Å². The molecule has 1 fully saturated rings. The number of aromatic amines is 1. The van der Waals surface area contributed by atoms with Gasteiger partial charge < -0.3 is 14.1 Å². The van der Waals surface area contributed by atoms with E-state index >= 15 is 0 Å². The molecule has 0 spiro atoms. The molecule has 0 amide bonds. The third-order valence-corrected chi connectivity index (χ3v) is 4.69. The highest BCUT2D eigenvalue weighted by Gasteiger charge is 2.19. The number of benzene rings is 1. The van der Waals surface area contributed by atoms with Crippen molar-refractivity contribution in [3.8, 4) is 0 Å². The van der Waals surface area contributed by atoms with Crippen molar-refractivity contribution in [2.24, 2.45) is 0 Å². The van der Waals surface area contributed by atoms with Gasteiger partial charge in [-0.1, -0.05) is 12.1 Å². The summed E-state index contributed by atoms with van der Waals surface area (Å²) >= 11 is 0. The van der Waals surface area contributed by atoms with E-state index in [1.165, 1.54) is 6.42 Å². The monoisotopic (exact) mass is 353 g/mol. The molecule has 1 N–H and O–H groups in total. The topological polar surface area (TPSA) is 71.4 Å². The van der Waals surface area contributed by atoms with Gasteiger partial charge in [0.15, 0.2) is 0 Å². The molecule has 1 aliphatic rings. The number of fused-ring (bicyclic) bond motifs is 1. The largest absolute Gasteiger partial charge is 0.462 e. The number of hydrogen-bond donors (Lipinski definition) is 1. The van der Waals surface area contributed by atoms with E-state index in [0.717, 1.165) is 36.5 Å². The second-order valence-electron chi connectivity index (χ2n) is 6.86. The molecule has 6 nitrogen and oxygen atoms in total. The van der Waals surface area contributed by atoms with E-state index in [1.807, 2.05) is 37.4 Å². The minimum absolute atomic E-state index is 0.0846. The SMILES string of the molecule is CN(Cc1nc2ccccc2c(=O)[nH]1)Cc1ccc([C@H]2CCCCO2)o1. The zero-order valence-corrected chi connectivity index (χ0v) is 14.9. The van der Waals surface area contributed by atoms with E-state index in [4.69, 9.17) is 9.15 Å². The molecule has 1 aromatic carbocycles. The van der Waals surface area contributed by atoms with E-state index in [9.17, 15) is 4.79 Å². The fourth-order valence-electron chi connectivity index (χ4n) is 3.40. The Hall–Kier alpha value is -2.44. The van der Waals surface area contributed by atoms with Crippen LogP contribution < -0.4 is 5.56 Å². The van der Waals surface area contributed by atoms with Gasteiger partial charge in [0.05, 0.1) is 24.0 Å². The Morgan fingerprint density at radius 3 is 2.92 bits per heavy atom. The standard InChI is InChI=1S/C20H23N3O3/c1-23(12-14-9-10-18(26-14)17-8-4-5-11-25-17)13-19-21-16-7-3-2-6-15(16)20(24)22-19/h2-3,6-7,9-10,17H,4-5,8,11-13H2,1H3,(H,21,22,24)/t17-/m1/s1. The fraction of sp³-hybridized carbons (Fsp3) is 0.400. The lowest BCUT2D eigenvalue weighted by Gasteiger charge is -2.20. The Morgan fingerprint density at radius 1 is 1.19 bits per heavy atom. The second-order valence-corrected chi connectivity index (χ2v) is 6.86. The van der Waals surface area contributed by atoms with Gasteiger partial charge in [-0.05, 0) is 50.6 Å². The van der Waals surface area contributed by atoms with Crippen molar-refractivity contribution in [2.75, 3.05) is 13.7 Å². The van der Waals surface area contributed by atoms with Crippen LogP contribution in [-0.4, -0.2) is 28.5 Å². The summed E-state index contributed by atoms with van der Waals surface area (Å²) in [5.74, 6) is 2.45. The first kappa shape index (κ1) is 17.0. The minimum atomic E-state index is -0.103. The van der Waals surface area contributed by atoms with Crippen LogP contribution in [0.2, 0.25) is 0 Å². The van der Waals surface area contributed by atoms with E-state index in [2.05, 4.69) is 14.9 Å². The molecule has 3 heterocycles. The summed E-state index contributed by atoms with van der Waals surface area (Å²) in [5.41, 5.74) is 0.614. The molecule has 2 aromatic heterocycles. The number of rotatable bonds is 5. The lowest BCUT2D eigenvalue weighted by atomic mass is 10.1. The van der Waals surface area contributed by atoms with E-state index in [0.29, 0.717) is 24.3 Å². The Morgan fingerprint density at radius 2 is 2.08 bits per heavy atom. The number of furan rings is 1. The van der Waals surface area contributed by atoms with E-state index < -0.39 is 0 Å². The van der Waals surface area contributed by atoms with Crippen LogP contribution in [0.15, 0.2) is 45.6 Å². The predicted molar refractivity (Wildman–Crippen MR) is 98.8 cm³/mol. The van der Waals surface area contributed by atoms with Crippen molar-refractivity contribution in [2.45, 2.75) is 38.5 Å². The molecular formula is C20H23N3O3. The number of nitrogens with zero attached hydrogens (tertiary/aromatic N) is 2. The molecule has 6 heteroatoms. The summed E-state index contributed by atoms with van der Waals surface area (Å²) < 4.78 is 11.7. The van der Waals surface area contributed by atoms with Crippen LogP contribution >= 0.6 is 0 Å². The van der Waals surface area contributed by atoms with Crippen LogP contribution in [0.1, 0.15) is 42.7 Å². The van der Waals surface area contributed by atoms with Crippen molar-refractivity contribution >= 4 is 10.9 Å². The number of hydrogen-bond acceptors (Lipinski definition) is 5. The van der Waals surface area contributed by atoms with Gasteiger partial charge >= 0.3 is 0 Å². The molecular weight excluding hydrogens is 330 g/mol. The Balaban J connectivity index is 1.43. The molecule has 1 aliphatic heterocycles. The van der Waals surface area contributed by atoms with Crippen LogP contribution in [-0.2, 0) is 17.8 Å². The van der Waals surface area contributed by atoms with Gasteiger partial charge in [0, 0.05) is 6.61 Å². The normalized spacial score (nSPS) is 17.8. The molecule has 4 rings (SSSR count). The fourth-order valence-corrected chi connectivity index (χ4v) is 3.40. The van der Waals surface area contributed by atoms with Crippen molar-refractivity contribution < 1.29 is 9.15 Å². The first-order valence-electron chi connectivity index (χ1n) is 9.06. The van der Waals surface area contributed by atoms with Gasteiger partial charge in [0.1, 0.15) is 23.4 Å². The molecule has 0 unspecified atom stereocenters. The number of H-pyrrole nitrogens is 1. The summed E-state index contributed by atoms with van der Waals surface area (Å²) in [6.07, 6.45) is 3.41. The number of ether oxygens (including phenoxy) is 1. The van der Waals surface area contributed by atoms with Crippen molar-refractivity contribution in [1.29, 1.82) is 0 Å². The average Bonchev–Trinajstić information content (AvgIpc) is 3.11. The molecule has 0 aliphatic carbocycles. The van der Waals surface area contributed by atoms with Crippen LogP contribution in [0.25, 0.3) is 10.9 Å². The quantitative estimate of drug-likeness (QED) is 0.761. The first-order chi connectivity index (χ1) is 12.7. The molecule has 1 saturated heterocycles. The number of aromatic nitrogens is 2. The van der Waals surface area contributed by atoms with Crippen LogP contribution in [0.4, 0.5) is 0 Å². The third kappa shape index (κ3) is 3.71. The molecule has 26 heavy (non-hydrogen) atoms. The number of nitrogens with one attached hydrogen (secondary N) is 1. The zero-order chi connectivity index (χ0) is 17.9. The molecule has 0 radical (unpaired) electrons. The van der Waals surface area contributed by atoms with Crippen LogP contribution in [0, 0.1) is 0 Å². The number of para-hydroxylation sites is 1. The van der Waals surface area contributed by atoms with E-state index in [-0.39, 0.29) is 11.7 Å². The molecule has 3 aromatic rings. The molecule has 1 atom stereocenters. The first-order valence-corrected chi connectivity index (χ1v) is 9.06. The van der Waals surface area contributed by atoms with Crippen LogP contribution in [0.3, 0.4) is 0 Å². The highest BCUT2D eigenvalue weighted by Crippen LogP contribution is 2.29. The maximum absolute atomic E-state index is 12.2. The average molecular weight is 353 g/mol. The van der Waals surface area contributed by atoms with Gasteiger partial charge in [0.2, 0.25) is 0 Å². The van der Waals surface area contributed by atoms with Crippen molar-refractivity contribution in [3.63, 3.8) is 0 Å². The van der Waals surface area contributed by atoms with E-state index in [1.54, 1.807) is 6.07 Å². The second kappa shape index (κ2) is 7.43. The maximum atomic E-state index is 12.2. The molecule has 0 bridgehead atoms. The lowest BCUT2D eigenvalue weighted by molar-refractivity contribution is 0.000900. The minimum Gasteiger partial charge on any atom is -0.462 e. The van der Waals surface area contributed by atoms with Gasteiger partial charge in [-0.25, -0.2) is 4.98 Å². The van der Waals surface area contributed by atoms with Gasteiger partial charge in [-0.2, -0.15) is 0 Å². The summed E-state index contributed by atoms with van der Waals surface area (Å²) in [7, 11) is 1.98.